The molecule has 8 heteroatoms. The molecule has 2 saturated heterocycles. The van der Waals surface area contributed by atoms with Gasteiger partial charge in [-0.3, -0.25) is 0 Å². The molecule has 7 nitrogen and oxygen atoms in total. The van der Waals surface area contributed by atoms with Crippen molar-refractivity contribution in [2.45, 2.75) is 71.3 Å². The first kappa shape index (κ1) is 28.6. The fourth-order valence-electron chi connectivity index (χ4n) is 7.27. The highest BCUT2D eigenvalue weighted by Crippen LogP contribution is 2.44. The van der Waals surface area contributed by atoms with Gasteiger partial charge in [-0.05, 0) is 113 Å². The molecule has 3 aliphatic rings. The van der Waals surface area contributed by atoms with Crippen LogP contribution in [0.5, 0.6) is 0 Å². The molecule has 3 fully saturated rings. The van der Waals surface area contributed by atoms with Gasteiger partial charge in [0.1, 0.15) is 12.1 Å². The Morgan fingerprint density at radius 1 is 0.976 bits per heavy atom. The summed E-state index contributed by atoms with van der Waals surface area (Å²) >= 11 is 0. The van der Waals surface area contributed by atoms with E-state index >= 15 is 0 Å². The molecule has 41 heavy (non-hydrogen) atoms. The number of fused-ring (bicyclic) bond motifs is 1. The highest BCUT2D eigenvalue weighted by molar-refractivity contribution is 7.89. The van der Waals surface area contributed by atoms with Crippen molar-refractivity contribution in [1.82, 2.24) is 19.6 Å². The van der Waals surface area contributed by atoms with E-state index in [1.54, 1.807) is 13.3 Å². The first-order valence-electron chi connectivity index (χ1n) is 15.6. The maximum absolute atomic E-state index is 11.9. The maximum Gasteiger partial charge on any atom is 0.211 e. The van der Waals surface area contributed by atoms with Crippen LogP contribution in [0.1, 0.15) is 62.1 Å². The van der Waals surface area contributed by atoms with Crippen LogP contribution in [0.3, 0.4) is 0 Å². The SMILES string of the molecule is CCS(=O)(=O)NC1CCC(CN2CCC3(CC2)CN(c2ncnc4ccc(CCc5ccccc5C)cc24)C3)CC1. The van der Waals surface area contributed by atoms with Gasteiger partial charge in [-0.25, -0.2) is 23.1 Å². The number of anilines is 1. The maximum atomic E-state index is 11.9. The Hall–Kier alpha value is -2.55. The number of nitrogens with zero attached hydrogens (tertiary/aromatic N) is 4. The van der Waals surface area contributed by atoms with Crippen LogP contribution in [0.25, 0.3) is 10.9 Å². The van der Waals surface area contributed by atoms with Crippen molar-refractivity contribution in [3.05, 3.63) is 65.5 Å². The van der Waals surface area contributed by atoms with Crippen LogP contribution < -0.4 is 9.62 Å². The van der Waals surface area contributed by atoms with Gasteiger partial charge >= 0.3 is 0 Å². The van der Waals surface area contributed by atoms with Crippen LogP contribution in [-0.2, 0) is 22.9 Å². The summed E-state index contributed by atoms with van der Waals surface area (Å²) in [7, 11) is -3.10. The number of likely N-dealkylation sites (tertiary alicyclic amines) is 1. The Balaban J connectivity index is 1.01. The smallest absolute Gasteiger partial charge is 0.211 e. The van der Waals surface area contributed by atoms with Crippen molar-refractivity contribution in [3.63, 3.8) is 0 Å². The number of aromatic nitrogens is 2. The Kier molecular flexibility index (Phi) is 8.35. The monoisotopic (exact) mass is 575 g/mol. The van der Waals surface area contributed by atoms with Crippen LogP contribution in [0.4, 0.5) is 5.82 Å². The number of sulfonamides is 1. The molecule has 2 aliphatic heterocycles. The average Bonchev–Trinajstić information content (AvgIpc) is 2.97. The lowest BCUT2D eigenvalue weighted by atomic mass is 9.71. The summed E-state index contributed by atoms with van der Waals surface area (Å²) in [6.07, 6.45) is 10.5. The largest absolute Gasteiger partial charge is 0.355 e. The predicted molar refractivity (Wildman–Crippen MR) is 167 cm³/mol. The molecule has 0 atom stereocenters. The van der Waals surface area contributed by atoms with Crippen molar-refractivity contribution in [2.75, 3.05) is 43.4 Å². The highest BCUT2D eigenvalue weighted by Gasteiger charge is 2.46. The van der Waals surface area contributed by atoms with Gasteiger partial charge in [0, 0.05) is 36.5 Å². The molecule has 6 rings (SSSR count). The van der Waals surface area contributed by atoms with Gasteiger partial charge in [0.25, 0.3) is 0 Å². The van der Waals surface area contributed by atoms with Gasteiger partial charge < -0.3 is 9.80 Å². The molecule has 1 spiro atoms. The van der Waals surface area contributed by atoms with E-state index in [0.29, 0.717) is 11.3 Å². The number of aryl methyl sites for hydroxylation is 3. The van der Waals surface area contributed by atoms with Gasteiger partial charge in [-0.1, -0.05) is 30.3 Å². The molecule has 1 saturated carbocycles. The minimum atomic E-state index is -3.10. The van der Waals surface area contributed by atoms with Crippen molar-refractivity contribution >= 4 is 26.7 Å². The van der Waals surface area contributed by atoms with Gasteiger partial charge in [0.05, 0.1) is 11.3 Å². The van der Waals surface area contributed by atoms with Crippen LogP contribution >= 0.6 is 0 Å². The van der Waals surface area contributed by atoms with Crippen LogP contribution in [0.2, 0.25) is 0 Å². The summed E-state index contributed by atoms with van der Waals surface area (Å²) in [5.74, 6) is 1.95. The first-order valence-corrected chi connectivity index (χ1v) is 17.2. The molecular formula is C33H45N5O2S. The predicted octanol–water partition coefficient (Wildman–Crippen LogP) is 5.12. The molecule has 0 amide bonds. The van der Waals surface area contributed by atoms with E-state index in [1.807, 2.05) is 0 Å². The lowest BCUT2D eigenvalue weighted by Crippen LogP contribution is -2.61. The zero-order valence-corrected chi connectivity index (χ0v) is 25.5. The second-order valence-corrected chi connectivity index (χ2v) is 14.9. The van der Waals surface area contributed by atoms with Gasteiger partial charge in [0.15, 0.2) is 0 Å². The number of hydrogen-bond donors (Lipinski definition) is 1. The normalized spacial score (nSPS) is 23.1. The molecule has 3 aromatic rings. The van der Waals surface area contributed by atoms with E-state index in [9.17, 15) is 8.42 Å². The molecule has 1 aromatic heterocycles. The number of nitrogens with one attached hydrogen (secondary N) is 1. The summed E-state index contributed by atoms with van der Waals surface area (Å²) in [5.41, 5.74) is 5.56. The topological polar surface area (TPSA) is 78.4 Å². The Morgan fingerprint density at radius 2 is 1.73 bits per heavy atom. The molecule has 220 valence electrons. The van der Waals surface area contributed by atoms with Crippen molar-refractivity contribution in [2.24, 2.45) is 11.3 Å². The average molecular weight is 576 g/mol. The molecular weight excluding hydrogens is 530 g/mol. The third-order valence-electron chi connectivity index (χ3n) is 9.98. The van der Waals surface area contributed by atoms with Crippen molar-refractivity contribution < 1.29 is 8.42 Å². The Morgan fingerprint density at radius 3 is 2.46 bits per heavy atom. The van der Waals surface area contributed by atoms with Crippen molar-refractivity contribution in [3.8, 4) is 0 Å². The third-order valence-corrected chi connectivity index (χ3v) is 11.4. The van der Waals surface area contributed by atoms with E-state index in [4.69, 9.17) is 4.98 Å². The summed E-state index contributed by atoms with van der Waals surface area (Å²) in [4.78, 5) is 14.5. The molecule has 1 N–H and O–H groups in total. The summed E-state index contributed by atoms with van der Waals surface area (Å²) in [5, 5.41) is 1.18. The van der Waals surface area contributed by atoms with Crippen LogP contribution in [0, 0.1) is 18.3 Å². The summed E-state index contributed by atoms with van der Waals surface area (Å²) in [6.45, 7) is 9.58. The van der Waals surface area contributed by atoms with E-state index in [-0.39, 0.29) is 11.8 Å². The zero-order chi connectivity index (χ0) is 28.5. The second-order valence-electron chi connectivity index (χ2n) is 12.9. The number of rotatable bonds is 9. The summed E-state index contributed by atoms with van der Waals surface area (Å²) < 4.78 is 26.7. The van der Waals surface area contributed by atoms with Crippen molar-refractivity contribution in [1.29, 1.82) is 0 Å². The molecule has 0 unspecified atom stereocenters. The minimum Gasteiger partial charge on any atom is -0.355 e. The lowest BCUT2D eigenvalue weighted by Gasteiger charge is -2.55. The molecule has 3 heterocycles. The number of hydrogen-bond acceptors (Lipinski definition) is 6. The minimum absolute atomic E-state index is 0.129. The quantitative estimate of drug-likeness (QED) is 0.382. The van der Waals surface area contributed by atoms with Crippen LogP contribution in [0.15, 0.2) is 48.8 Å². The number of piperidine rings is 1. The van der Waals surface area contributed by atoms with E-state index in [1.165, 1.54) is 48.0 Å². The molecule has 0 radical (unpaired) electrons. The van der Waals surface area contributed by atoms with Gasteiger partial charge in [0.2, 0.25) is 10.0 Å². The molecule has 0 bridgehead atoms. The molecule has 2 aromatic carbocycles. The van der Waals surface area contributed by atoms with Gasteiger partial charge in [-0.2, -0.15) is 0 Å². The summed E-state index contributed by atoms with van der Waals surface area (Å²) in [6, 6.07) is 15.5. The molecule has 1 aliphatic carbocycles. The Bertz CT molecular complexity index is 1450. The van der Waals surface area contributed by atoms with Crippen LogP contribution in [-0.4, -0.2) is 67.8 Å². The number of benzene rings is 2. The van der Waals surface area contributed by atoms with Gasteiger partial charge in [-0.15, -0.1) is 0 Å². The fraction of sp³-hybridized carbons (Fsp3) is 0.576. The standard InChI is InChI=1S/C33H45N5O2S/c1-3-41(39,40)36-29-13-9-27(10-14-29)21-37-18-16-33(17-19-37)22-38(23-33)32-30-20-26(11-15-31(30)34-24-35-32)8-12-28-7-5-4-6-25(28)2/h4-7,11,15,20,24,27,29,36H,3,8-10,12-14,16-19,21-23H2,1-2H3. The van der Waals surface area contributed by atoms with E-state index < -0.39 is 10.0 Å². The zero-order valence-electron chi connectivity index (χ0n) is 24.7. The Labute approximate surface area is 245 Å². The van der Waals surface area contributed by atoms with E-state index in [0.717, 1.165) is 69.5 Å². The van der Waals surface area contributed by atoms with E-state index in [2.05, 4.69) is 68.9 Å². The highest BCUT2D eigenvalue weighted by atomic mass is 32.2. The second kappa shape index (κ2) is 12.0. The third kappa shape index (κ3) is 6.60. The first-order chi connectivity index (χ1) is 19.8. The lowest BCUT2D eigenvalue weighted by molar-refractivity contribution is 0.0621. The fourth-order valence-corrected chi connectivity index (χ4v) is 8.18.